The molecule has 1 amide bonds. The summed E-state index contributed by atoms with van der Waals surface area (Å²) in [7, 11) is 0. The zero-order chi connectivity index (χ0) is 21.5. The highest BCUT2D eigenvalue weighted by atomic mass is 32.2. The van der Waals surface area contributed by atoms with Gasteiger partial charge < -0.3 is 10.1 Å². The number of thiophene rings is 1. The SMILES string of the molecule is CC(C)OCCCn1c(SCC(=O)NC(C)c2cccs2)nc2ccccc2c1=O. The molecule has 0 aliphatic carbocycles. The van der Waals surface area contributed by atoms with Crippen LogP contribution in [0.5, 0.6) is 0 Å². The van der Waals surface area contributed by atoms with E-state index in [0.29, 0.717) is 35.6 Å². The Hall–Kier alpha value is -2.16. The molecule has 0 aliphatic rings. The van der Waals surface area contributed by atoms with Gasteiger partial charge >= 0.3 is 0 Å². The molecule has 30 heavy (non-hydrogen) atoms. The molecule has 3 rings (SSSR count). The molecule has 0 bridgehead atoms. The minimum Gasteiger partial charge on any atom is -0.379 e. The molecule has 2 aromatic heterocycles. The maximum Gasteiger partial charge on any atom is 0.262 e. The fourth-order valence-electron chi connectivity index (χ4n) is 3.02. The average Bonchev–Trinajstić information content (AvgIpc) is 3.26. The van der Waals surface area contributed by atoms with Gasteiger partial charge in [0.15, 0.2) is 5.16 Å². The number of nitrogens with one attached hydrogen (secondary N) is 1. The van der Waals surface area contributed by atoms with Crippen LogP contribution in [0.15, 0.2) is 51.7 Å². The van der Waals surface area contributed by atoms with Crippen LogP contribution in [0.3, 0.4) is 0 Å². The highest BCUT2D eigenvalue weighted by Crippen LogP contribution is 2.20. The lowest BCUT2D eigenvalue weighted by Gasteiger charge is -2.15. The number of nitrogens with zero attached hydrogens (tertiary/aromatic N) is 2. The highest BCUT2D eigenvalue weighted by Gasteiger charge is 2.15. The smallest absolute Gasteiger partial charge is 0.262 e. The number of para-hydroxylation sites is 1. The summed E-state index contributed by atoms with van der Waals surface area (Å²) in [6.45, 7) is 7.01. The molecule has 3 aromatic rings. The first-order chi connectivity index (χ1) is 14.5. The highest BCUT2D eigenvalue weighted by molar-refractivity contribution is 7.99. The van der Waals surface area contributed by atoms with Crippen molar-refractivity contribution in [2.75, 3.05) is 12.4 Å². The molecule has 0 saturated carbocycles. The Morgan fingerprint density at radius 1 is 1.23 bits per heavy atom. The summed E-state index contributed by atoms with van der Waals surface area (Å²) in [4.78, 5) is 31.2. The molecular formula is C22H27N3O3S2. The van der Waals surface area contributed by atoms with E-state index in [1.54, 1.807) is 22.0 Å². The molecule has 1 atom stereocenters. The third-order valence-corrected chi connectivity index (χ3v) is 6.52. The first-order valence-corrected chi connectivity index (χ1v) is 11.9. The molecule has 0 aliphatic heterocycles. The Kier molecular flexibility index (Phi) is 8.07. The molecular weight excluding hydrogens is 418 g/mol. The van der Waals surface area contributed by atoms with Gasteiger partial charge in [0.25, 0.3) is 5.56 Å². The summed E-state index contributed by atoms with van der Waals surface area (Å²) >= 11 is 2.91. The standard InChI is InChI=1S/C22H27N3O3S2/c1-15(2)28-12-7-11-25-21(27)17-8-4-5-9-18(17)24-22(25)30-14-20(26)23-16(3)19-10-6-13-29-19/h4-6,8-10,13,15-16H,7,11-12,14H2,1-3H3,(H,23,26). The molecule has 2 heterocycles. The van der Waals surface area contributed by atoms with E-state index in [-0.39, 0.29) is 29.4 Å². The van der Waals surface area contributed by atoms with E-state index < -0.39 is 0 Å². The number of amides is 1. The van der Waals surface area contributed by atoms with E-state index in [1.807, 2.05) is 56.5 Å². The van der Waals surface area contributed by atoms with Crippen LogP contribution in [0, 0.1) is 0 Å². The number of fused-ring (bicyclic) bond motifs is 1. The van der Waals surface area contributed by atoms with Crippen LogP contribution in [0.1, 0.15) is 38.1 Å². The van der Waals surface area contributed by atoms with Gasteiger partial charge in [-0.05, 0) is 50.8 Å². The van der Waals surface area contributed by atoms with Gasteiger partial charge in [-0.2, -0.15) is 0 Å². The summed E-state index contributed by atoms with van der Waals surface area (Å²) in [6, 6.07) is 11.2. The monoisotopic (exact) mass is 445 g/mol. The summed E-state index contributed by atoms with van der Waals surface area (Å²) in [5, 5.41) is 6.14. The van der Waals surface area contributed by atoms with Gasteiger partial charge in [0.2, 0.25) is 5.91 Å². The first-order valence-electron chi connectivity index (χ1n) is 10.0. The molecule has 160 valence electrons. The molecule has 1 unspecified atom stereocenters. The fourth-order valence-corrected chi connectivity index (χ4v) is 4.59. The van der Waals surface area contributed by atoms with Gasteiger partial charge in [0.1, 0.15) is 0 Å². The maximum atomic E-state index is 13.0. The van der Waals surface area contributed by atoms with Crippen molar-refractivity contribution < 1.29 is 9.53 Å². The predicted molar refractivity (Wildman–Crippen MR) is 123 cm³/mol. The van der Waals surface area contributed by atoms with Crippen molar-refractivity contribution in [2.45, 2.75) is 51.0 Å². The van der Waals surface area contributed by atoms with Crippen molar-refractivity contribution in [3.63, 3.8) is 0 Å². The van der Waals surface area contributed by atoms with E-state index in [4.69, 9.17) is 4.74 Å². The van der Waals surface area contributed by atoms with Crippen molar-refractivity contribution in [1.82, 2.24) is 14.9 Å². The number of carbonyl (C=O) groups excluding carboxylic acids is 1. The van der Waals surface area contributed by atoms with Crippen LogP contribution >= 0.6 is 23.1 Å². The van der Waals surface area contributed by atoms with E-state index in [9.17, 15) is 9.59 Å². The second-order valence-corrected chi connectivity index (χ2v) is 9.16. The fraction of sp³-hybridized carbons (Fsp3) is 0.409. The number of rotatable bonds is 10. The van der Waals surface area contributed by atoms with Crippen LogP contribution in [0.4, 0.5) is 0 Å². The summed E-state index contributed by atoms with van der Waals surface area (Å²) in [6.07, 6.45) is 0.854. The molecule has 0 saturated heterocycles. The van der Waals surface area contributed by atoms with Gasteiger partial charge in [-0.25, -0.2) is 4.98 Å². The number of benzene rings is 1. The lowest BCUT2D eigenvalue weighted by atomic mass is 10.2. The van der Waals surface area contributed by atoms with E-state index in [2.05, 4.69) is 10.3 Å². The third-order valence-electron chi connectivity index (χ3n) is 4.48. The van der Waals surface area contributed by atoms with Crippen LogP contribution < -0.4 is 10.9 Å². The molecule has 0 radical (unpaired) electrons. The zero-order valence-corrected chi connectivity index (χ0v) is 19.1. The van der Waals surface area contributed by atoms with E-state index in [0.717, 1.165) is 4.88 Å². The Labute approximate surface area is 184 Å². The predicted octanol–water partition coefficient (Wildman–Crippen LogP) is 4.24. The van der Waals surface area contributed by atoms with E-state index >= 15 is 0 Å². The Balaban J connectivity index is 1.73. The molecule has 1 aromatic carbocycles. The molecule has 6 nitrogen and oxygen atoms in total. The second kappa shape index (κ2) is 10.7. The van der Waals surface area contributed by atoms with Crippen LogP contribution in [0.2, 0.25) is 0 Å². The van der Waals surface area contributed by atoms with Gasteiger partial charge in [0.05, 0.1) is 28.8 Å². The van der Waals surface area contributed by atoms with Crippen molar-refractivity contribution in [2.24, 2.45) is 0 Å². The molecule has 0 spiro atoms. The average molecular weight is 446 g/mol. The zero-order valence-electron chi connectivity index (χ0n) is 17.5. The van der Waals surface area contributed by atoms with Crippen LogP contribution in [-0.2, 0) is 16.1 Å². The quantitative estimate of drug-likeness (QED) is 0.287. The minimum absolute atomic E-state index is 0.0435. The molecule has 8 heteroatoms. The number of hydrogen-bond donors (Lipinski definition) is 1. The first kappa shape index (κ1) is 22.5. The Bertz CT molecular complexity index is 1030. The van der Waals surface area contributed by atoms with Crippen molar-refractivity contribution in [1.29, 1.82) is 0 Å². The third kappa shape index (κ3) is 5.93. The number of hydrogen-bond acceptors (Lipinski definition) is 6. The summed E-state index contributed by atoms with van der Waals surface area (Å²) < 4.78 is 7.26. The number of ether oxygens (including phenoxy) is 1. The van der Waals surface area contributed by atoms with Crippen LogP contribution in [-0.4, -0.2) is 33.9 Å². The maximum absolute atomic E-state index is 13.0. The van der Waals surface area contributed by atoms with Crippen molar-refractivity contribution in [3.8, 4) is 0 Å². The molecule has 1 N–H and O–H groups in total. The second-order valence-electron chi connectivity index (χ2n) is 7.23. The van der Waals surface area contributed by atoms with Crippen molar-refractivity contribution in [3.05, 3.63) is 57.0 Å². The van der Waals surface area contributed by atoms with Crippen molar-refractivity contribution >= 4 is 39.9 Å². The summed E-state index contributed by atoms with van der Waals surface area (Å²) in [5.41, 5.74) is 0.562. The van der Waals surface area contributed by atoms with Gasteiger partial charge in [-0.1, -0.05) is 30.0 Å². The summed E-state index contributed by atoms with van der Waals surface area (Å²) in [5.74, 6) is 0.112. The minimum atomic E-state index is -0.0852. The Morgan fingerprint density at radius 3 is 2.77 bits per heavy atom. The Morgan fingerprint density at radius 2 is 2.03 bits per heavy atom. The van der Waals surface area contributed by atoms with E-state index in [1.165, 1.54) is 11.8 Å². The number of thioether (sulfide) groups is 1. The van der Waals surface area contributed by atoms with Gasteiger partial charge in [0, 0.05) is 18.0 Å². The molecule has 0 fully saturated rings. The largest absolute Gasteiger partial charge is 0.379 e. The van der Waals surface area contributed by atoms with Crippen LogP contribution in [0.25, 0.3) is 10.9 Å². The lowest BCUT2D eigenvalue weighted by molar-refractivity contribution is -0.119. The lowest BCUT2D eigenvalue weighted by Crippen LogP contribution is -2.29. The number of aromatic nitrogens is 2. The number of carbonyl (C=O) groups is 1. The topological polar surface area (TPSA) is 73.2 Å². The van der Waals surface area contributed by atoms with Gasteiger partial charge in [-0.3, -0.25) is 14.2 Å². The normalized spacial score (nSPS) is 12.4. The van der Waals surface area contributed by atoms with Gasteiger partial charge in [-0.15, -0.1) is 11.3 Å².